The molecule has 1 saturated carbocycles. The number of alkyl halides is 3. The molecule has 3 aromatic rings. The van der Waals surface area contributed by atoms with Crippen LogP contribution in [-0.2, 0) is 4.74 Å². The molecule has 2 aliphatic heterocycles. The van der Waals surface area contributed by atoms with Crippen LogP contribution in [0.4, 0.5) is 13.2 Å². The minimum absolute atomic E-state index is 0.134. The number of rotatable bonds is 4. The molecule has 3 fully saturated rings. The van der Waals surface area contributed by atoms with Gasteiger partial charge in [0, 0.05) is 36.9 Å². The highest BCUT2D eigenvalue weighted by atomic mass is 19.4. The molecule has 1 spiro atoms. The molecule has 8 nitrogen and oxygen atoms in total. The molecule has 0 unspecified atom stereocenters. The van der Waals surface area contributed by atoms with Crippen LogP contribution >= 0.6 is 0 Å². The molecule has 1 amide bonds. The second-order valence-corrected chi connectivity index (χ2v) is 9.82. The van der Waals surface area contributed by atoms with Gasteiger partial charge in [0.1, 0.15) is 23.2 Å². The van der Waals surface area contributed by atoms with E-state index in [0.717, 1.165) is 66.9 Å². The predicted octanol–water partition coefficient (Wildman–Crippen LogP) is 4.07. The van der Waals surface area contributed by atoms with Crippen molar-refractivity contribution in [3.05, 3.63) is 53.5 Å². The minimum Gasteiger partial charge on any atom is -0.406 e. The van der Waals surface area contributed by atoms with Crippen molar-refractivity contribution in [2.24, 2.45) is 0 Å². The van der Waals surface area contributed by atoms with E-state index in [1.165, 1.54) is 12.1 Å². The highest BCUT2D eigenvalue weighted by Crippen LogP contribution is 2.40. The molecule has 1 atom stereocenters. The first-order valence-electron chi connectivity index (χ1n) is 12.1. The first-order chi connectivity index (χ1) is 17.3. The lowest BCUT2D eigenvalue weighted by Crippen LogP contribution is -2.45. The van der Waals surface area contributed by atoms with E-state index in [4.69, 9.17) is 9.72 Å². The van der Waals surface area contributed by atoms with Gasteiger partial charge in [-0.1, -0.05) is 0 Å². The molecule has 0 bridgehead atoms. The molecule has 190 valence electrons. The van der Waals surface area contributed by atoms with Crippen molar-refractivity contribution in [3.8, 4) is 5.75 Å². The molecule has 36 heavy (non-hydrogen) atoms. The molecule has 6 rings (SSSR count). The summed E-state index contributed by atoms with van der Waals surface area (Å²) in [6.07, 6.45) is 0.709. The summed E-state index contributed by atoms with van der Waals surface area (Å²) in [5, 5.41) is 3.58. The van der Waals surface area contributed by atoms with Gasteiger partial charge in [0.25, 0.3) is 5.91 Å². The fraction of sp³-hybridized carbons (Fsp3) is 0.480. The van der Waals surface area contributed by atoms with Crippen LogP contribution in [0.15, 0.2) is 36.5 Å². The Labute approximate surface area is 205 Å². The number of ether oxygens (including phenoxy) is 2. The van der Waals surface area contributed by atoms with Crippen LogP contribution in [0.3, 0.4) is 0 Å². The van der Waals surface area contributed by atoms with Crippen LogP contribution in [0.25, 0.3) is 11.2 Å². The Kier molecular flexibility index (Phi) is 5.64. The van der Waals surface area contributed by atoms with Crippen molar-refractivity contribution in [1.82, 2.24) is 25.2 Å². The van der Waals surface area contributed by atoms with E-state index < -0.39 is 6.36 Å². The Morgan fingerprint density at radius 1 is 1.14 bits per heavy atom. The summed E-state index contributed by atoms with van der Waals surface area (Å²) in [5.41, 5.74) is 3.19. The third kappa shape index (κ3) is 4.64. The Balaban J connectivity index is 1.11. The number of pyridine rings is 1. The average Bonchev–Trinajstić information content (AvgIpc) is 3.47. The maximum atomic E-state index is 12.9. The number of halogens is 3. The number of nitrogens with zero attached hydrogens (tertiary/aromatic N) is 3. The number of likely N-dealkylation sites (tertiary alicyclic amines) is 1. The normalized spacial score (nSPS) is 22.2. The van der Waals surface area contributed by atoms with Gasteiger partial charge in [0.15, 0.2) is 5.65 Å². The van der Waals surface area contributed by atoms with E-state index in [2.05, 4.69) is 20.0 Å². The van der Waals surface area contributed by atoms with Crippen LogP contribution in [-0.4, -0.2) is 63.9 Å². The number of aromatic nitrogens is 3. The maximum Gasteiger partial charge on any atom is 0.573 e. The number of hydrogen-bond acceptors (Lipinski definition) is 6. The fourth-order valence-electron chi connectivity index (χ4n) is 5.13. The van der Waals surface area contributed by atoms with Gasteiger partial charge in [-0.15, -0.1) is 13.2 Å². The largest absolute Gasteiger partial charge is 0.573 e. The first-order valence-corrected chi connectivity index (χ1v) is 12.1. The van der Waals surface area contributed by atoms with Crippen LogP contribution in [0.5, 0.6) is 5.75 Å². The van der Waals surface area contributed by atoms with Crippen molar-refractivity contribution in [2.45, 2.75) is 49.6 Å². The van der Waals surface area contributed by atoms with Crippen molar-refractivity contribution in [1.29, 1.82) is 0 Å². The second-order valence-electron chi connectivity index (χ2n) is 9.82. The van der Waals surface area contributed by atoms with Gasteiger partial charge in [-0.2, -0.15) is 0 Å². The Hall–Kier alpha value is -3.18. The molecule has 3 aliphatic rings. The lowest BCUT2D eigenvalue weighted by molar-refractivity contribution is -0.274. The van der Waals surface area contributed by atoms with Crippen LogP contribution in [0.1, 0.15) is 59.5 Å². The van der Waals surface area contributed by atoms with Gasteiger partial charge < -0.3 is 24.7 Å². The van der Waals surface area contributed by atoms with Crippen molar-refractivity contribution in [3.63, 3.8) is 0 Å². The molecule has 11 heteroatoms. The number of amides is 1. The fourth-order valence-corrected chi connectivity index (χ4v) is 5.13. The molecular weight excluding hydrogens is 475 g/mol. The summed E-state index contributed by atoms with van der Waals surface area (Å²) in [4.78, 5) is 27.3. The number of morpholine rings is 1. The third-order valence-electron chi connectivity index (χ3n) is 7.37. The van der Waals surface area contributed by atoms with Gasteiger partial charge in [-0.05, 0) is 67.5 Å². The lowest BCUT2D eigenvalue weighted by atomic mass is 9.89. The van der Waals surface area contributed by atoms with Gasteiger partial charge in [-0.3, -0.25) is 4.79 Å². The maximum absolute atomic E-state index is 12.9. The average molecular weight is 502 g/mol. The standard InChI is InChI=1S/C25H26F3N5O3/c26-25(27,28)36-17-3-1-16(2-4-17)23(34)33-11-6-15(7-12-33)18-5-10-29-22-20(18)31-21(32-22)19-13-30-24(8-9-24)14-35-19/h1-5,10,15,19,30H,6-9,11-14H2,(H,29,31,32)/t19-/m0/s1. The monoisotopic (exact) mass is 501 g/mol. The van der Waals surface area contributed by atoms with Gasteiger partial charge in [0.2, 0.25) is 0 Å². The van der Waals surface area contributed by atoms with E-state index in [-0.39, 0.29) is 29.2 Å². The van der Waals surface area contributed by atoms with E-state index in [1.807, 2.05) is 6.07 Å². The number of benzene rings is 1. The van der Waals surface area contributed by atoms with E-state index >= 15 is 0 Å². The molecule has 0 radical (unpaired) electrons. The van der Waals surface area contributed by atoms with E-state index in [1.54, 1.807) is 11.1 Å². The zero-order valence-electron chi connectivity index (χ0n) is 19.5. The second kappa shape index (κ2) is 8.74. The number of H-pyrrole nitrogens is 1. The quantitative estimate of drug-likeness (QED) is 0.560. The summed E-state index contributed by atoms with van der Waals surface area (Å²) in [6.45, 7) is 2.50. The highest BCUT2D eigenvalue weighted by Gasteiger charge is 2.46. The molecule has 1 aromatic carbocycles. The molecule has 2 saturated heterocycles. The molecule has 4 heterocycles. The predicted molar refractivity (Wildman–Crippen MR) is 124 cm³/mol. The molecule has 2 aromatic heterocycles. The van der Waals surface area contributed by atoms with Gasteiger partial charge in [-0.25, -0.2) is 9.97 Å². The third-order valence-corrected chi connectivity index (χ3v) is 7.37. The number of aromatic amines is 1. The smallest absolute Gasteiger partial charge is 0.406 e. The number of hydrogen-bond donors (Lipinski definition) is 2. The van der Waals surface area contributed by atoms with E-state index in [0.29, 0.717) is 25.3 Å². The zero-order chi connectivity index (χ0) is 24.9. The lowest BCUT2D eigenvalue weighted by Gasteiger charge is -2.32. The molecular formula is C25H26F3N5O3. The Morgan fingerprint density at radius 2 is 1.89 bits per heavy atom. The summed E-state index contributed by atoms with van der Waals surface area (Å²) < 4.78 is 47.1. The van der Waals surface area contributed by atoms with Crippen molar-refractivity contribution >= 4 is 17.1 Å². The number of fused-ring (bicyclic) bond motifs is 1. The van der Waals surface area contributed by atoms with Crippen LogP contribution in [0, 0.1) is 0 Å². The SMILES string of the molecule is O=C(c1ccc(OC(F)(F)F)cc1)N1CCC(c2ccnc3[nH]c([C@@H]4CNC5(CC5)CO4)nc23)CC1. The van der Waals surface area contributed by atoms with Crippen LogP contribution < -0.4 is 10.1 Å². The Bertz CT molecular complexity index is 1250. The van der Waals surface area contributed by atoms with E-state index in [9.17, 15) is 18.0 Å². The zero-order valence-corrected chi connectivity index (χ0v) is 19.5. The summed E-state index contributed by atoms with van der Waals surface area (Å²) in [7, 11) is 0. The minimum atomic E-state index is -4.76. The molecule has 1 aliphatic carbocycles. The number of piperidine rings is 1. The van der Waals surface area contributed by atoms with Crippen molar-refractivity contribution < 1.29 is 27.4 Å². The number of nitrogens with one attached hydrogen (secondary N) is 2. The van der Waals surface area contributed by atoms with Crippen LogP contribution in [0.2, 0.25) is 0 Å². The first kappa shape index (κ1) is 23.2. The number of carbonyl (C=O) groups is 1. The summed E-state index contributed by atoms with van der Waals surface area (Å²) in [6, 6.07) is 7.03. The number of carbonyl (C=O) groups excluding carboxylic acids is 1. The van der Waals surface area contributed by atoms with Gasteiger partial charge >= 0.3 is 6.36 Å². The highest BCUT2D eigenvalue weighted by molar-refractivity contribution is 5.94. The van der Waals surface area contributed by atoms with Gasteiger partial charge in [0.05, 0.1) is 6.61 Å². The Morgan fingerprint density at radius 3 is 2.53 bits per heavy atom. The number of imidazole rings is 1. The molecule has 2 N–H and O–H groups in total. The summed E-state index contributed by atoms with van der Waals surface area (Å²) in [5.74, 6) is 0.445. The van der Waals surface area contributed by atoms with Crippen molar-refractivity contribution in [2.75, 3.05) is 26.2 Å². The topological polar surface area (TPSA) is 92.4 Å². The summed E-state index contributed by atoms with van der Waals surface area (Å²) >= 11 is 0.